The lowest BCUT2D eigenvalue weighted by atomic mass is 10.1. The van der Waals surface area contributed by atoms with Crippen molar-refractivity contribution in [3.8, 4) is 0 Å². The third-order valence-electron chi connectivity index (χ3n) is 3.26. The summed E-state index contributed by atoms with van der Waals surface area (Å²) in [7, 11) is 0. The van der Waals surface area contributed by atoms with Crippen molar-refractivity contribution < 1.29 is 4.39 Å². The maximum absolute atomic E-state index is 13.9. The van der Waals surface area contributed by atoms with Crippen LogP contribution in [0.5, 0.6) is 0 Å². The van der Waals surface area contributed by atoms with E-state index in [1.165, 1.54) is 0 Å². The fraction of sp³-hybridized carbons (Fsp3) is 0.250. The monoisotopic (exact) mass is 292 g/mol. The predicted molar refractivity (Wildman–Crippen MR) is 82.1 cm³/mol. The highest BCUT2D eigenvalue weighted by atomic mass is 35.5. The van der Waals surface area contributed by atoms with Gasteiger partial charge in [0.2, 0.25) is 0 Å². The number of anilines is 1. The molecule has 0 aliphatic rings. The molecule has 2 rings (SSSR count). The standard InChI is InChI=1S/C16H18ClFN2/c1-2-20(10-12-6-8-14(19)9-7-12)11-13-4-3-5-15(17)16(13)18/h3-9H,2,10-11,19H2,1H3. The van der Waals surface area contributed by atoms with Crippen molar-refractivity contribution in [1.82, 2.24) is 4.90 Å². The highest BCUT2D eigenvalue weighted by molar-refractivity contribution is 6.30. The summed E-state index contributed by atoms with van der Waals surface area (Å²) in [5.41, 5.74) is 8.20. The van der Waals surface area contributed by atoms with Crippen LogP contribution in [0.2, 0.25) is 5.02 Å². The van der Waals surface area contributed by atoms with Gasteiger partial charge in [0.15, 0.2) is 0 Å². The number of nitrogen functional groups attached to an aromatic ring is 1. The van der Waals surface area contributed by atoms with E-state index in [9.17, 15) is 4.39 Å². The fourth-order valence-corrected chi connectivity index (χ4v) is 2.27. The van der Waals surface area contributed by atoms with Gasteiger partial charge in [-0.05, 0) is 30.3 Å². The Balaban J connectivity index is 2.09. The van der Waals surface area contributed by atoms with Crippen molar-refractivity contribution in [2.45, 2.75) is 20.0 Å². The highest BCUT2D eigenvalue weighted by Crippen LogP contribution is 2.20. The van der Waals surface area contributed by atoms with Crippen LogP contribution < -0.4 is 5.73 Å². The minimum absolute atomic E-state index is 0.172. The Bertz CT molecular complexity index is 569. The Morgan fingerprint density at radius 3 is 2.45 bits per heavy atom. The average molecular weight is 293 g/mol. The van der Waals surface area contributed by atoms with Crippen molar-refractivity contribution in [1.29, 1.82) is 0 Å². The summed E-state index contributed by atoms with van der Waals surface area (Å²) in [6.07, 6.45) is 0. The normalized spacial score (nSPS) is 11.0. The molecular weight excluding hydrogens is 275 g/mol. The van der Waals surface area contributed by atoms with Gasteiger partial charge in [-0.15, -0.1) is 0 Å². The topological polar surface area (TPSA) is 29.3 Å². The van der Waals surface area contributed by atoms with Crippen LogP contribution >= 0.6 is 11.6 Å². The zero-order chi connectivity index (χ0) is 14.5. The van der Waals surface area contributed by atoms with Crippen molar-refractivity contribution in [3.05, 3.63) is 64.4 Å². The second-order valence-corrected chi connectivity index (χ2v) is 5.16. The van der Waals surface area contributed by atoms with E-state index in [2.05, 4.69) is 11.8 Å². The van der Waals surface area contributed by atoms with Crippen molar-refractivity contribution in [2.75, 3.05) is 12.3 Å². The van der Waals surface area contributed by atoms with Gasteiger partial charge in [-0.25, -0.2) is 4.39 Å². The molecule has 0 heterocycles. The first-order chi connectivity index (χ1) is 9.60. The van der Waals surface area contributed by atoms with Gasteiger partial charge < -0.3 is 5.73 Å². The molecule has 0 amide bonds. The molecule has 0 aliphatic heterocycles. The summed E-state index contributed by atoms with van der Waals surface area (Å²) in [5.74, 6) is -0.329. The summed E-state index contributed by atoms with van der Waals surface area (Å²) < 4.78 is 13.9. The molecule has 106 valence electrons. The molecule has 0 saturated heterocycles. The summed E-state index contributed by atoms with van der Waals surface area (Å²) >= 11 is 5.81. The molecule has 2 N–H and O–H groups in total. The van der Waals surface area contributed by atoms with Gasteiger partial charge in [-0.3, -0.25) is 4.90 Å². The Labute approximate surface area is 124 Å². The van der Waals surface area contributed by atoms with Crippen molar-refractivity contribution in [2.24, 2.45) is 0 Å². The first kappa shape index (κ1) is 14.8. The molecule has 0 radical (unpaired) electrons. The number of nitrogens with two attached hydrogens (primary N) is 1. The smallest absolute Gasteiger partial charge is 0.146 e. The molecule has 2 nitrogen and oxygen atoms in total. The Kier molecular flexibility index (Phi) is 4.99. The molecule has 0 unspecified atom stereocenters. The average Bonchev–Trinajstić information content (AvgIpc) is 2.45. The largest absolute Gasteiger partial charge is 0.399 e. The molecule has 0 bridgehead atoms. The summed E-state index contributed by atoms with van der Waals surface area (Å²) in [5, 5.41) is 0.172. The van der Waals surface area contributed by atoms with Gasteiger partial charge in [0.25, 0.3) is 0 Å². The second kappa shape index (κ2) is 6.73. The molecule has 2 aromatic carbocycles. The maximum Gasteiger partial charge on any atom is 0.146 e. The zero-order valence-corrected chi connectivity index (χ0v) is 12.2. The van der Waals surface area contributed by atoms with E-state index >= 15 is 0 Å². The number of benzene rings is 2. The van der Waals surface area contributed by atoms with Gasteiger partial charge in [0, 0.05) is 24.3 Å². The summed E-state index contributed by atoms with van der Waals surface area (Å²) in [6, 6.07) is 12.9. The third-order valence-corrected chi connectivity index (χ3v) is 3.55. The van der Waals surface area contributed by atoms with Crippen LogP contribution in [0.15, 0.2) is 42.5 Å². The molecule has 0 aliphatic carbocycles. The number of hydrogen-bond acceptors (Lipinski definition) is 2. The van der Waals surface area contributed by atoms with Crippen LogP contribution in [0.25, 0.3) is 0 Å². The van der Waals surface area contributed by atoms with E-state index in [1.54, 1.807) is 18.2 Å². The Morgan fingerprint density at radius 2 is 1.80 bits per heavy atom. The van der Waals surface area contributed by atoms with Crippen LogP contribution in [0, 0.1) is 5.82 Å². The molecule has 0 saturated carbocycles. The van der Waals surface area contributed by atoms with Gasteiger partial charge >= 0.3 is 0 Å². The number of hydrogen-bond donors (Lipinski definition) is 1. The highest BCUT2D eigenvalue weighted by Gasteiger charge is 2.10. The molecular formula is C16H18ClFN2. The van der Waals surface area contributed by atoms with E-state index in [4.69, 9.17) is 17.3 Å². The lowest BCUT2D eigenvalue weighted by Gasteiger charge is -2.21. The van der Waals surface area contributed by atoms with E-state index in [1.807, 2.05) is 24.3 Å². The van der Waals surface area contributed by atoms with Crippen LogP contribution in [-0.4, -0.2) is 11.4 Å². The van der Waals surface area contributed by atoms with Crippen LogP contribution in [0.4, 0.5) is 10.1 Å². The molecule has 4 heteroatoms. The number of rotatable bonds is 5. The lowest BCUT2D eigenvalue weighted by molar-refractivity contribution is 0.267. The Morgan fingerprint density at radius 1 is 1.10 bits per heavy atom. The quantitative estimate of drug-likeness (QED) is 0.841. The van der Waals surface area contributed by atoms with E-state index in [0.29, 0.717) is 12.1 Å². The summed E-state index contributed by atoms with van der Waals surface area (Å²) in [4.78, 5) is 2.15. The fourth-order valence-electron chi connectivity index (χ4n) is 2.07. The van der Waals surface area contributed by atoms with Crippen molar-refractivity contribution >= 4 is 17.3 Å². The lowest BCUT2D eigenvalue weighted by Crippen LogP contribution is -2.22. The van der Waals surface area contributed by atoms with Gasteiger partial charge in [0.1, 0.15) is 5.82 Å². The molecule has 2 aromatic rings. The minimum atomic E-state index is -0.329. The molecule has 20 heavy (non-hydrogen) atoms. The molecule has 0 spiro atoms. The Hall–Kier alpha value is -1.58. The first-order valence-corrected chi connectivity index (χ1v) is 6.97. The van der Waals surface area contributed by atoms with Gasteiger partial charge in [-0.1, -0.05) is 42.8 Å². The minimum Gasteiger partial charge on any atom is -0.399 e. The van der Waals surface area contributed by atoms with Crippen LogP contribution in [0.3, 0.4) is 0 Å². The number of halogens is 2. The van der Waals surface area contributed by atoms with E-state index in [-0.39, 0.29) is 10.8 Å². The van der Waals surface area contributed by atoms with Gasteiger partial charge in [0.05, 0.1) is 5.02 Å². The van der Waals surface area contributed by atoms with Crippen LogP contribution in [-0.2, 0) is 13.1 Å². The van der Waals surface area contributed by atoms with E-state index < -0.39 is 0 Å². The summed E-state index contributed by atoms with van der Waals surface area (Å²) in [6.45, 7) is 4.17. The third kappa shape index (κ3) is 3.71. The van der Waals surface area contributed by atoms with Gasteiger partial charge in [-0.2, -0.15) is 0 Å². The first-order valence-electron chi connectivity index (χ1n) is 6.59. The SMILES string of the molecule is CCN(Cc1ccc(N)cc1)Cc1cccc(Cl)c1F. The zero-order valence-electron chi connectivity index (χ0n) is 11.4. The predicted octanol–water partition coefficient (Wildman–Crippen LogP) is 4.08. The molecule has 0 aromatic heterocycles. The van der Waals surface area contributed by atoms with Crippen molar-refractivity contribution in [3.63, 3.8) is 0 Å². The number of nitrogens with zero attached hydrogens (tertiary/aromatic N) is 1. The molecule has 0 atom stereocenters. The van der Waals surface area contributed by atoms with Crippen LogP contribution in [0.1, 0.15) is 18.1 Å². The molecule has 0 fully saturated rings. The second-order valence-electron chi connectivity index (χ2n) is 4.76. The van der Waals surface area contributed by atoms with E-state index in [0.717, 1.165) is 24.3 Å². The maximum atomic E-state index is 13.9.